The van der Waals surface area contributed by atoms with Crippen LogP contribution in [0.5, 0.6) is 0 Å². The van der Waals surface area contributed by atoms with E-state index in [2.05, 4.69) is 15.8 Å². The van der Waals surface area contributed by atoms with Crippen molar-refractivity contribution in [1.82, 2.24) is 10.5 Å². The third kappa shape index (κ3) is 7.32. The zero-order chi connectivity index (χ0) is 28.5. The molecular weight excluding hydrogens is 504 g/mol. The van der Waals surface area contributed by atoms with Crippen LogP contribution in [-0.4, -0.2) is 29.4 Å². The minimum absolute atomic E-state index is 0.242. The van der Waals surface area contributed by atoms with Gasteiger partial charge in [0.15, 0.2) is 5.82 Å². The first kappa shape index (κ1) is 28.0. The van der Waals surface area contributed by atoms with E-state index in [1.54, 1.807) is 13.0 Å². The van der Waals surface area contributed by atoms with E-state index in [0.717, 1.165) is 28.8 Å². The molecule has 0 bridgehead atoms. The van der Waals surface area contributed by atoms with E-state index in [1.165, 1.54) is 4.90 Å². The highest BCUT2D eigenvalue weighted by Gasteiger charge is 2.32. The van der Waals surface area contributed by atoms with Gasteiger partial charge in [-0.25, -0.2) is 0 Å². The number of hydrogen-bond donors (Lipinski definition) is 2. The largest absolute Gasteiger partial charge is 0.360 e. The molecule has 1 unspecified atom stereocenters. The summed E-state index contributed by atoms with van der Waals surface area (Å²) in [5.41, 5.74) is 4.06. The van der Waals surface area contributed by atoms with Gasteiger partial charge in [-0.05, 0) is 55.5 Å². The first-order chi connectivity index (χ1) is 19.3. The van der Waals surface area contributed by atoms with Gasteiger partial charge < -0.3 is 15.2 Å². The molecular formula is C32H32N4O4. The molecule has 0 radical (unpaired) electrons. The first-order valence-corrected chi connectivity index (χ1v) is 13.0. The lowest BCUT2D eigenvalue weighted by atomic mass is 10.0. The van der Waals surface area contributed by atoms with Gasteiger partial charge in [0.1, 0.15) is 11.8 Å². The number of nitrogens with zero attached hydrogens (tertiary/aromatic N) is 2. The van der Waals surface area contributed by atoms with Crippen molar-refractivity contribution in [3.8, 4) is 0 Å². The number of rotatable bonds is 10. The van der Waals surface area contributed by atoms with Gasteiger partial charge in [0, 0.05) is 30.5 Å². The van der Waals surface area contributed by atoms with Crippen LogP contribution >= 0.6 is 0 Å². The predicted octanol–water partition coefficient (Wildman–Crippen LogP) is 5.23. The Morgan fingerprint density at radius 2 is 1.60 bits per heavy atom. The van der Waals surface area contributed by atoms with Crippen LogP contribution in [0.3, 0.4) is 0 Å². The Kier molecular flexibility index (Phi) is 9.25. The van der Waals surface area contributed by atoms with Crippen molar-refractivity contribution in [3.05, 3.63) is 125 Å². The van der Waals surface area contributed by atoms with Crippen molar-refractivity contribution >= 4 is 29.2 Å². The maximum Gasteiger partial charge on any atom is 0.252 e. The van der Waals surface area contributed by atoms with Crippen molar-refractivity contribution in [2.45, 2.75) is 33.2 Å². The molecule has 4 rings (SSSR count). The second kappa shape index (κ2) is 13.2. The molecule has 0 spiro atoms. The summed E-state index contributed by atoms with van der Waals surface area (Å²) in [6, 6.07) is 25.3. The van der Waals surface area contributed by atoms with E-state index in [9.17, 15) is 14.4 Å². The van der Waals surface area contributed by atoms with Crippen molar-refractivity contribution in [3.63, 3.8) is 0 Å². The average molecular weight is 537 g/mol. The second-order valence-corrected chi connectivity index (χ2v) is 9.48. The van der Waals surface area contributed by atoms with Crippen molar-refractivity contribution in [2.75, 3.05) is 16.8 Å². The van der Waals surface area contributed by atoms with E-state index >= 15 is 0 Å². The number of anilines is 2. The minimum Gasteiger partial charge on any atom is -0.360 e. The predicted molar refractivity (Wildman–Crippen MR) is 155 cm³/mol. The molecule has 0 saturated heterocycles. The van der Waals surface area contributed by atoms with Crippen LogP contribution in [0.15, 0.2) is 102 Å². The molecule has 1 atom stereocenters. The molecule has 1 heterocycles. The monoisotopic (exact) mass is 536 g/mol. The molecule has 3 aromatic carbocycles. The highest BCUT2D eigenvalue weighted by Crippen LogP contribution is 2.31. The molecule has 8 nitrogen and oxygen atoms in total. The minimum atomic E-state index is -0.976. The molecule has 3 amide bonds. The standard InChI is InChI=1S/C32H32N4O4/c1-22-14-15-23(2)27(20-22)36(30(38)17-16-29(37)34-28-21-24(3)40-35-28)31(26-12-8-5-9-13-26)32(39)33-19-18-25-10-6-4-7-11-25/h4-17,20-21,31H,18-19H2,1-3H3,(H,33,39)(H,34,35,37). The van der Waals surface area contributed by atoms with Gasteiger partial charge in [0.2, 0.25) is 11.8 Å². The zero-order valence-electron chi connectivity index (χ0n) is 22.8. The molecule has 2 N–H and O–H groups in total. The molecule has 0 aliphatic heterocycles. The maximum absolute atomic E-state index is 13.8. The summed E-state index contributed by atoms with van der Waals surface area (Å²) in [7, 11) is 0. The normalized spacial score (nSPS) is 11.7. The molecule has 0 aliphatic rings. The molecule has 4 aromatic rings. The average Bonchev–Trinajstić information content (AvgIpc) is 3.36. The van der Waals surface area contributed by atoms with Crippen LogP contribution in [0.2, 0.25) is 0 Å². The van der Waals surface area contributed by atoms with Gasteiger partial charge in [-0.1, -0.05) is 78.0 Å². The Hall–Kier alpha value is -4.98. The molecule has 40 heavy (non-hydrogen) atoms. The van der Waals surface area contributed by atoms with E-state index in [1.807, 2.05) is 92.7 Å². The van der Waals surface area contributed by atoms with Gasteiger partial charge in [-0.3, -0.25) is 19.3 Å². The number of hydrogen-bond acceptors (Lipinski definition) is 5. The SMILES string of the molecule is Cc1ccc(C)c(N(C(=O)C=CC(=O)Nc2cc(C)on2)C(C(=O)NCCc2ccccc2)c2ccccc2)c1. The Morgan fingerprint density at radius 3 is 2.27 bits per heavy atom. The number of amides is 3. The van der Waals surface area contributed by atoms with Crippen molar-refractivity contribution in [1.29, 1.82) is 0 Å². The van der Waals surface area contributed by atoms with Crippen LogP contribution < -0.4 is 15.5 Å². The van der Waals surface area contributed by atoms with Crippen LogP contribution in [0, 0.1) is 20.8 Å². The summed E-state index contributed by atoms with van der Waals surface area (Å²) in [5, 5.41) is 9.32. The third-order valence-electron chi connectivity index (χ3n) is 6.30. The van der Waals surface area contributed by atoms with E-state index in [-0.39, 0.29) is 11.7 Å². The van der Waals surface area contributed by atoms with E-state index < -0.39 is 17.9 Å². The van der Waals surface area contributed by atoms with Gasteiger partial charge in [-0.2, -0.15) is 0 Å². The first-order valence-electron chi connectivity index (χ1n) is 13.0. The van der Waals surface area contributed by atoms with Gasteiger partial charge in [0.05, 0.1) is 0 Å². The molecule has 0 fully saturated rings. The number of carbonyl (C=O) groups is 3. The zero-order valence-corrected chi connectivity index (χ0v) is 22.8. The number of nitrogens with one attached hydrogen (secondary N) is 2. The van der Waals surface area contributed by atoms with Crippen molar-refractivity contribution in [2.24, 2.45) is 0 Å². The highest BCUT2D eigenvalue weighted by atomic mass is 16.5. The summed E-state index contributed by atoms with van der Waals surface area (Å²) in [6.07, 6.45) is 2.93. The lowest BCUT2D eigenvalue weighted by Crippen LogP contribution is -2.44. The van der Waals surface area contributed by atoms with Gasteiger partial charge in [-0.15, -0.1) is 0 Å². The Labute approximate surface area is 233 Å². The summed E-state index contributed by atoms with van der Waals surface area (Å²) in [6.45, 7) is 5.91. The third-order valence-corrected chi connectivity index (χ3v) is 6.30. The van der Waals surface area contributed by atoms with E-state index in [0.29, 0.717) is 30.0 Å². The summed E-state index contributed by atoms with van der Waals surface area (Å²) >= 11 is 0. The fourth-order valence-electron chi connectivity index (χ4n) is 4.31. The second-order valence-electron chi connectivity index (χ2n) is 9.48. The lowest BCUT2D eigenvalue weighted by molar-refractivity contribution is -0.125. The van der Waals surface area contributed by atoms with Crippen LogP contribution in [0.25, 0.3) is 0 Å². The highest BCUT2D eigenvalue weighted by molar-refractivity contribution is 6.10. The smallest absolute Gasteiger partial charge is 0.252 e. The quantitative estimate of drug-likeness (QED) is 0.270. The molecule has 204 valence electrons. The Bertz CT molecular complexity index is 1500. The lowest BCUT2D eigenvalue weighted by Gasteiger charge is -2.32. The van der Waals surface area contributed by atoms with Crippen molar-refractivity contribution < 1.29 is 18.9 Å². The number of aromatic nitrogens is 1. The molecule has 8 heteroatoms. The summed E-state index contributed by atoms with van der Waals surface area (Å²) in [5.74, 6) is -0.614. The summed E-state index contributed by atoms with van der Waals surface area (Å²) < 4.78 is 4.97. The van der Waals surface area contributed by atoms with Crippen LogP contribution in [0.1, 0.15) is 34.1 Å². The summed E-state index contributed by atoms with van der Waals surface area (Å²) in [4.78, 5) is 41.6. The molecule has 1 aromatic heterocycles. The molecule has 0 saturated carbocycles. The van der Waals surface area contributed by atoms with Gasteiger partial charge >= 0.3 is 0 Å². The Balaban J connectivity index is 1.66. The fourth-order valence-corrected chi connectivity index (χ4v) is 4.31. The number of benzene rings is 3. The maximum atomic E-state index is 13.8. The van der Waals surface area contributed by atoms with Gasteiger partial charge in [0.25, 0.3) is 5.91 Å². The van der Waals surface area contributed by atoms with E-state index in [4.69, 9.17) is 4.52 Å². The number of aryl methyl sites for hydroxylation is 3. The van der Waals surface area contributed by atoms with Crippen LogP contribution in [0.4, 0.5) is 11.5 Å². The Morgan fingerprint density at radius 1 is 0.900 bits per heavy atom. The molecule has 0 aliphatic carbocycles. The van der Waals surface area contributed by atoms with Crippen LogP contribution in [-0.2, 0) is 20.8 Å². The fraction of sp³-hybridized carbons (Fsp3) is 0.188. The topological polar surface area (TPSA) is 105 Å². The number of carbonyl (C=O) groups excluding carboxylic acids is 3.